The first-order chi connectivity index (χ1) is 17.1. The van der Waals surface area contributed by atoms with E-state index < -0.39 is 52.3 Å². The third-order valence-electron chi connectivity index (χ3n) is 10.2. The van der Waals surface area contributed by atoms with Crippen LogP contribution in [0, 0.1) is 34.5 Å². The molecule has 1 unspecified atom stereocenters. The molecule has 37 heavy (non-hydrogen) atoms. The zero-order valence-corrected chi connectivity index (χ0v) is 20.9. The zero-order chi connectivity index (χ0) is 27.0. The van der Waals surface area contributed by atoms with Crippen LogP contribution in [0.5, 0.6) is 0 Å². The Bertz CT molecular complexity index is 1100. The van der Waals surface area contributed by atoms with Gasteiger partial charge in [-0.25, -0.2) is 0 Å². The summed E-state index contributed by atoms with van der Waals surface area (Å²) in [6.45, 7) is 4.43. The fraction of sp³-hybridized carbons (Fsp3) is 0.704. The van der Waals surface area contributed by atoms with Crippen LogP contribution < -0.4 is 10.6 Å². The second kappa shape index (κ2) is 8.63. The standard InChI is InChI=1S/C27H32F6N2O2/c1-24-10-3-4-17(24)15-6-8-21-25(2,18(15)9-11-24)13-16(23(37)35-21)22(36)34-20-12-14(26(28,29)30)5-7-19(20)27(31,32)33/h5,7,12,15-18,21H,3-4,6,8-11,13H2,1-2H3,(H,34,36)(H,35,37)/t15-,16?,17-,18-,21+,24-,25+/m0/s1. The molecule has 4 aliphatic rings. The van der Waals surface area contributed by atoms with E-state index in [2.05, 4.69) is 19.2 Å². The third kappa shape index (κ3) is 4.42. The van der Waals surface area contributed by atoms with Gasteiger partial charge >= 0.3 is 12.4 Å². The summed E-state index contributed by atoms with van der Waals surface area (Å²) in [5.74, 6) is -1.54. The Balaban J connectivity index is 1.41. The van der Waals surface area contributed by atoms with Gasteiger partial charge in [-0.15, -0.1) is 0 Å². The maximum Gasteiger partial charge on any atom is 0.418 e. The quantitative estimate of drug-likeness (QED) is 0.326. The average molecular weight is 531 g/mol. The predicted molar refractivity (Wildman–Crippen MR) is 124 cm³/mol. The topological polar surface area (TPSA) is 58.2 Å². The maximum atomic E-state index is 13.5. The summed E-state index contributed by atoms with van der Waals surface area (Å²) in [5.41, 5.74) is -3.79. The molecule has 1 aromatic carbocycles. The van der Waals surface area contributed by atoms with Crippen molar-refractivity contribution in [3.8, 4) is 0 Å². The Morgan fingerprint density at radius 2 is 1.70 bits per heavy atom. The van der Waals surface area contributed by atoms with Gasteiger partial charge in [0.05, 0.1) is 16.8 Å². The predicted octanol–water partition coefficient (Wildman–Crippen LogP) is 6.80. The molecule has 5 rings (SSSR count). The van der Waals surface area contributed by atoms with E-state index in [9.17, 15) is 35.9 Å². The largest absolute Gasteiger partial charge is 0.418 e. The molecule has 3 aliphatic carbocycles. The van der Waals surface area contributed by atoms with Crippen LogP contribution in [0.2, 0.25) is 0 Å². The molecule has 4 nitrogen and oxygen atoms in total. The number of rotatable bonds is 2. The van der Waals surface area contributed by atoms with Crippen LogP contribution in [0.15, 0.2) is 18.2 Å². The van der Waals surface area contributed by atoms with Crippen LogP contribution >= 0.6 is 0 Å². The molecule has 2 amide bonds. The van der Waals surface area contributed by atoms with Crippen LogP contribution in [-0.2, 0) is 21.9 Å². The number of amides is 2. The minimum Gasteiger partial charge on any atom is -0.352 e. The van der Waals surface area contributed by atoms with Gasteiger partial charge in [-0.3, -0.25) is 9.59 Å². The summed E-state index contributed by atoms with van der Waals surface area (Å²) in [6.07, 6.45) is -2.29. The lowest BCUT2D eigenvalue weighted by molar-refractivity contribution is -0.149. The molecular weight excluding hydrogens is 498 g/mol. The van der Waals surface area contributed by atoms with Crippen molar-refractivity contribution in [1.82, 2.24) is 5.32 Å². The van der Waals surface area contributed by atoms with Crippen LogP contribution in [0.4, 0.5) is 32.0 Å². The van der Waals surface area contributed by atoms with Crippen molar-refractivity contribution < 1.29 is 35.9 Å². The van der Waals surface area contributed by atoms with E-state index in [-0.39, 0.29) is 24.4 Å². The maximum absolute atomic E-state index is 13.5. The van der Waals surface area contributed by atoms with E-state index in [1.54, 1.807) is 0 Å². The SMILES string of the molecule is C[C@@]12CCC[C@H]1[C@@H]1CC[C@H]3NC(=O)C(C(=O)Nc4cc(C(F)(F)F)ccc4C(F)(F)F)C[C@]3(C)[C@H]1CC2. The van der Waals surface area contributed by atoms with Crippen molar-refractivity contribution in [2.45, 2.75) is 83.6 Å². The Kier molecular flexibility index (Phi) is 6.15. The molecule has 4 fully saturated rings. The van der Waals surface area contributed by atoms with Crippen molar-refractivity contribution in [2.24, 2.45) is 34.5 Å². The fourth-order valence-electron chi connectivity index (χ4n) is 8.29. The van der Waals surface area contributed by atoms with E-state index >= 15 is 0 Å². The molecule has 1 heterocycles. The van der Waals surface area contributed by atoms with Crippen LogP contribution in [0.25, 0.3) is 0 Å². The highest BCUT2D eigenvalue weighted by Gasteiger charge is 2.60. The summed E-state index contributed by atoms with van der Waals surface area (Å²) >= 11 is 0. The van der Waals surface area contributed by atoms with Crippen molar-refractivity contribution in [3.05, 3.63) is 29.3 Å². The van der Waals surface area contributed by atoms with Gasteiger partial charge in [0.1, 0.15) is 5.92 Å². The minimum absolute atomic E-state index is 0.129. The number of benzene rings is 1. The molecule has 0 spiro atoms. The Labute approximate surface area is 211 Å². The molecule has 2 N–H and O–H groups in total. The number of alkyl halides is 6. The molecule has 0 bridgehead atoms. The summed E-state index contributed by atoms with van der Waals surface area (Å²) in [6, 6.07) is 0.795. The molecule has 0 aromatic heterocycles. The van der Waals surface area contributed by atoms with Gasteiger partial charge in [0, 0.05) is 6.04 Å². The van der Waals surface area contributed by atoms with Gasteiger partial charge in [-0.1, -0.05) is 20.3 Å². The first-order valence-corrected chi connectivity index (χ1v) is 13.0. The number of fused-ring (bicyclic) bond motifs is 5. The molecule has 0 radical (unpaired) electrons. The highest BCUT2D eigenvalue weighted by molar-refractivity contribution is 6.07. The van der Waals surface area contributed by atoms with Gasteiger partial charge in [0.15, 0.2) is 0 Å². The molecule has 7 atom stereocenters. The number of nitrogens with one attached hydrogen (secondary N) is 2. The Morgan fingerprint density at radius 1 is 0.973 bits per heavy atom. The smallest absolute Gasteiger partial charge is 0.352 e. The number of halogens is 6. The minimum atomic E-state index is -4.98. The van der Waals surface area contributed by atoms with Gasteiger partial charge in [-0.2, -0.15) is 26.3 Å². The molecule has 1 saturated heterocycles. The highest BCUT2D eigenvalue weighted by atomic mass is 19.4. The zero-order valence-electron chi connectivity index (χ0n) is 20.9. The van der Waals surface area contributed by atoms with Gasteiger partial charge in [-0.05, 0) is 91.7 Å². The Morgan fingerprint density at radius 3 is 2.38 bits per heavy atom. The van der Waals surface area contributed by atoms with E-state index in [0.29, 0.717) is 29.4 Å². The summed E-state index contributed by atoms with van der Waals surface area (Å²) < 4.78 is 80.2. The van der Waals surface area contributed by atoms with Crippen molar-refractivity contribution in [3.63, 3.8) is 0 Å². The second-order valence-electron chi connectivity index (χ2n) is 12.1. The van der Waals surface area contributed by atoms with Gasteiger partial charge < -0.3 is 10.6 Å². The number of carbonyl (C=O) groups excluding carboxylic acids is 2. The van der Waals surface area contributed by atoms with Gasteiger partial charge in [0.2, 0.25) is 11.8 Å². The summed E-state index contributed by atoms with van der Waals surface area (Å²) in [5, 5.41) is 4.99. The van der Waals surface area contributed by atoms with Gasteiger partial charge in [0.25, 0.3) is 0 Å². The normalized spacial score (nSPS) is 37.7. The lowest BCUT2D eigenvalue weighted by atomic mass is 9.47. The van der Waals surface area contributed by atoms with Crippen molar-refractivity contribution in [1.29, 1.82) is 0 Å². The molecule has 10 heteroatoms. The molecule has 1 aromatic rings. The molecular formula is C27H32F6N2O2. The van der Waals surface area contributed by atoms with Crippen molar-refractivity contribution in [2.75, 3.05) is 5.32 Å². The number of anilines is 1. The van der Waals surface area contributed by atoms with E-state index in [4.69, 9.17) is 0 Å². The van der Waals surface area contributed by atoms with E-state index in [1.807, 2.05) is 5.32 Å². The van der Waals surface area contributed by atoms with E-state index in [1.165, 1.54) is 19.3 Å². The van der Waals surface area contributed by atoms with E-state index in [0.717, 1.165) is 25.7 Å². The second-order valence-corrected chi connectivity index (χ2v) is 12.1. The number of carbonyl (C=O) groups is 2. The first-order valence-electron chi connectivity index (χ1n) is 13.0. The Hall–Kier alpha value is -2.26. The first kappa shape index (κ1) is 26.4. The van der Waals surface area contributed by atoms with Crippen LogP contribution in [0.1, 0.15) is 76.3 Å². The fourth-order valence-corrected chi connectivity index (χ4v) is 8.29. The number of hydrogen-bond acceptors (Lipinski definition) is 2. The number of hydrogen-bond donors (Lipinski definition) is 2. The third-order valence-corrected chi connectivity index (χ3v) is 10.2. The lowest BCUT2D eigenvalue weighted by Gasteiger charge is -2.60. The number of piperidine rings is 1. The molecule has 1 aliphatic heterocycles. The van der Waals surface area contributed by atoms with Crippen molar-refractivity contribution >= 4 is 17.5 Å². The summed E-state index contributed by atoms with van der Waals surface area (Å²) in [4.78, 5) is 26.2. The lowest BCUT2D eigenvalue weighted by Crippen LogP contribution is -2.64. The summed E-state index contributed by atoms with van der Waals surface area (Å²) in [7, 11) is 0. The van der Waals surface area contributed by atoms with Crippen LogP contribution in [0.3, 0.4) is 0 Å². The monoisotopic (exact) mass is 530 g/mol. The highest BCUT2D eigenvalue weighted by Crippen LogP contribution is 2.64. The average Bonchev–Trinajstić information content (AvgIpc) is 3.19. The molecule has 3 saturated carbocycles. The van der Waals surface area contributed by atoms with Crippen LogP contribution in [-0.4, -0.2) is 17.9 Å². The molecule has 204 valence electrons.